The Morgan fingerprint density at radius 1 is 1.33 bits per heavy atom. The summed E-state index contributed by atoms with van der Waals surface area (Å²) in [5.74, 6) is 0.0758. The highest BCUT2D eigenvalue weighted by Crippen LogP contribution is 2.23. The summed E-state index contributed by atoms with van der Waals surface area (Å²) in [6.45, 7) is 6.69. The standard InChI is InChI=1S/C17H23N5O4S/c1-5-17(24)21-6-7-22-14(10-21)15(9-18-22)27(4,25)20-16(23)8-13-11(2)19-26-12(13)3/h9H,5-8,10H2,1-4H3. The highest BCUT2D eigenvalue weighted by atomic mass is 32.2. The highest BCUT2D eigenvalue weighted by Gasteiger charge is 2.27. The quantitative estimate of drug-likeness (QED) is 0.778. The maximum absolute atomic E-state index is 13.2. The first kappa shape index (κ1) is 19.3. The molecule has 3 rings (SSSR count). The molecule has 0 aromatic carbocycles. The van der Waals surface area contributed by atoms with E-state index in [1.54, 1.807) is 30.4 Å². The molecule has 27 heavy (non-hydrogen) atoms. The molecular weight excluding hydrogens is 370 g/mol. The monoisotopic (exact) mass is 393 g/mol. The zero-order valence-electron chi connectivity index (χ0n) is 15.9. The molecule has 0 saturated heterocycles. The van der Waals surface area contributed by atoms with Crippen molar-refractivity contribution in [1.29, 1.82) is 0 Å². The summed E-state index contributed by atoms with van der Waals surface area (Å²) in [6.07, 6.45) is 3.31. The second-order valence-corrected chi connectivity index (χ2v) is 8.84. The van der Waals surface area contributed by atoms with Gasteiger partial charge in [-0.2, -0.15) is 9.46 Å². The third-order valence-electron chi connectivity index (χ3n) is 4.68. The predicted molar refractivity (Wildman–Crippen MR) is 97.4 cm³/mol. The molecule has 0 radical (unpaired) electrons. The van der Waals surface area contributed by atoms with Crippen molar-refractivity contribution in [3.63, 3.8) is 0 Å². The van der Waals surface area contributed by atoms with Gasteiger partial charge in [0.05, 0.1) is 51.7 Å². The van der Waals surface area contributed by atoms with Crippen LogP contribution >= 0.6 is 0 Å². The van der Waals surface area contributed by atoms with E-state index in [9.17, 15) is 13.8 Å². The summed E-state index contributed by atoms with van der Waals surface area (Å²) in [7, 11) is -2.99. The van der Waals surface area contributed by atoms with Gasteiger partial charge in [0.15, 0.2) is 0 Å². The maximum Gasteiger partial charge on any atom is 0.258 e. The van der Waals surface area contributed by atoms with Crippen LogP contribution in [0.2, 0.25) is 0 Å². The van der Waals surface area contributed by atoms with Crippen LogP contribution in [0.5, 0.6) is 0 Å². The molecule has 9 nitrogen and oxygen atoms in total. The first-order valence-electron chi connectivity index (χ1n) is 8.72. The first-order valence-corrected chi connectivity index (χ1v) is 10.6. The third-order valence-corrected chi connectivity index (χ3v) is 6.39. The van der Waals surface area contributed by atoms with E-state index in [2.05, 4.69) is 14.6 Å². The summed E-state index contributed by atoms with van der Waals surface area (Å²) in [6, 6.07) is 0. The van der Waals surface area contributed by atoms with Gasteiger partial charge in [-0.15, -0.1) is 0 Å². The number of hydrogen-bond donors (Lipinski definition) is 0. The van der Waals surface area contributed by atoms with Gasteiger partial charge in [-0.05, 0) is 13.8 Å². The molecular formula is C17H23N5O4S. The van der Waals surface area contributed by atoms with E-state index >= 15 is 0 Å². The van der Waals surface area contributed by atoms with E-state index < -0.39 is 15.6 Å². The Morgan fingerprint density at radius 3 is 2.70 bits per heavy atom. The molecule has 3 heterocycles. The summed E-state index contributed by atoms with van der Waals surface area (Å²) >= 11 is 0. The Morgan fingerprint density at radius 2 is 2.07 bits per heavy atom. The Labute approximate surface area is 157 Å². The zero-order valence-corrected chi connectivity index (χ0v) is 16.7. The van der Waals surface area contributed by atoms with Crippen LogP contribution in [-0.2, 0) is 38.8 Å². The second kappa shape index (κ2) is 7.26. The topological polar surface area (TPSA) is 111 Å². The molecule has 0 aliphatic carbocycles. The van der Waals surface area contributed by atoms with E-state index in [-0.39, 0.29) is 12.3 Å². The lowest BCUT2D eigenvalue weighted by Gasteiger charge is -2.28. The van der Waals surface area contributed by atoms with Gasteiger partial charge in [0.1, 0.15) is 5.76 Å². The smallest absolute Gasteiger partial charge is 0.258 e. The zero-order chi connectivity index (χ0) is 19.8. The van der Waals surface area contributed by atoms with Crippen molar-refractivity contribution in [2.24, 2.45) is 4.36 Å². The molecule has 146 valence electrons. The Balaban J connectivity index is 1.89. The van der Waals surface area contributed by atoms with E-state index in [1.165, 1.54) is 12.5 Å². The average Bonchev–Trinajstić information content (AvgIpc) is 3.19. The third kappa shape index (κ3) is 3.80. The number of aromatic nitrogens is 3. The molecule has 0 spiro atoms. The largest absolute Gasteiger partial charge is 0.361 e. The molecule has 0 N–H and O–H groups in total. The summed E-state index contributed by atoms with van der Waals surface area (Å²) < 4.78 is 23.9. The molecule has 2 aromatic heterocycles. The first-order chi connectivity index (χ1) is 12.7. The van der Waals surface area contributed by atoms with Crippen LogP contribution in [-0.4, -0.2) is 48.7 Å². The van der Waals surface area contributed by atoms with Gasteiger partial charge >= 0.3 is 0 Å². The van der Waals surface area contributed by atoms with Gasteiger partial charge < -0.3 is 9.42 Å². The highest BCUT2D eigenvalue weighted by molar-refractivity contribution is 7.93. The van der Waals surface area contributed by atoms with E-state index in [0.717, 1.165) is 0 Å². The van der Waals surface area contributed by atoms with Crippen molar-refractivity contribution in [1.82, 2.24) is 19.8 Å². The van der Waals surface area contributed by atoms with Gasteiger partial charge in [-0.25, -0.2) is 4.21 Å². The van der Waals surface area contributed by atoms with Crippen LogP contribution in [0, 0.1) is 13.8 Å². The average molecular weight is 393 g/mol. The number of rotatable bonds is 4. The lowest BCUT2D eigenvalue weighted by Crippen LogP contribution is -2.38. The predicted octanol–water partition coefficient (Wildman–Crippen LogP) is 1.47. The Bertz CT molecular complexity index is 993. The van der Waals surface area contributed by atoms with Crippen LogP contribution < -0.4 is 0 Å². The minimum atomic E-state index is -2.99. The van der Waals surface area contributed by atoms with Crippen molar-refractivity contribution in [3.8, 4) is 0 Å². The van der Waals surface area contributed by atoms with E-state index in [0.29, 0.717) is 53.7 Å². The van der Waals surface area contributed by atoms with Gasteiger partial charge in [-0.3, -0.25) is 14.3 Å². The molecule has 1 unspecified atom stereocenters. The van der Waals surface area contributed by atoms with Crippen LogP contribution in [0.4, 0.5) is 0 Å². The number of nitrogens with zero attached hydrogens (tertiary/aromatic N) is 5. The molecule has 10 heteroatoms. The number of carbonyl (C=O) groups excluding carboxylic acids is 2. The molecule has 1 atom stereocenters. The van der Waals surface area contributed by atoms with Gasteiger partial charge in [0, 0.05) is 24.8 Å². The Hall–Kier alpha value is -2.49. The number of hydrogen-bond acceptors (Lipinski definition) is 6. The fraction of sp³-hybridized carbons (Fsp3) is 0.529. The summed E-state index contributed by atoms with van der Waals surface area (Å²) in [5.41, 5.74) is 1.95. The molecule has 1 aliphatic rings. The number of carbonyl (C=O) groups is 2. The molecule has 2 amide bonds. The van der Waals surface area contributed by atoms with Gasteiger partial charge in [0.25, 0.3) is 5.91 Å². The second-order valence-electron chi connectivity index (χ2n) is 6.61. The molecule has 0 bridgehead atoms. The van der Waals surface area contributed by atoms with Crippen molar-refractivity contribution in [2.45, 2.75) is 51.6 Å². The fourth-order valence-electron chi connectivity index (χ4n) is 3.16. The summed E-state index contributed by atoms with van der Waals surface area (Å²) in [5, 5.41) is 8.07. The SMILES string of the molecule is CCC(=O)N1CCn2ncc(S(C)(=O)=NC(=O)Cc3c(C)noc3C)c2C1. The minimum Gasteiger partial charge on any atom is -0.361 e. The molecule has 0 fully saturated rings. The summed E-state index contributed by atoms with van der Waals surface area (Å²) in [4.78, 5) is 26.5. The molecule has 1 aliphatic heterocycles. The van der Waals surface area contributed by atoms with Crippen LogP contribution in [0.25, 0.3) is 0 Å². The van der Waals surface area contributed by atoms with Crippen molar-refractivity contribution >= 4 is 21.5 Å². The van der Waals surface area contributed by atoms with Crippen LogP contribution in [0.3, 0.4) is 0 Å². The minimum absolute atomic E-state index is 0.0179. The van der Waals surface area contributed by atoms with Crippen LogP contribution in [0.1, 0.15) is 36.1 Å². The van der Waals surface area contributed by atoms with Crippen molar-refractivity contribution in [3.05, 3.63) is 28.9 Å². The van der Waals surface area contributed by atoms with Gasteiger partial charge in [0.2, 0.25) is 5.91 Å². The van der Waals surface area contributed by atoms with Crippen molar-refractivity contribution in [2.75, 3.05) is 12.8 Å². The molecule has 2 aromatic rings. The van der Waals surface area contributed by atoms with E-state index in [4.69, 9.17) is 4.52 Å². The number of aryl methyl sites for hydroxylation is 2. The lowest BCUT2D eigenvalue weighted by molar-refractivity contribution is -0.132. The normalized spacial score (nSPS) is 15.9. The van der Waals surface area contributed by atoms with E-state index in [1.807, 2.05) is 0 Å². The van der Waals surface area contributed by atoms with Gasteiger partial charge in [-0.1, -0.05) is 12.1 Å². The Kier molecular flexibility index (Phi) is 5.18. The maximum atomic E-state index is 13.2. The fourth-order valence-corrected chi connectivity index (χ4v) is 4.56. The number of fused-ring (bicyclic) bond motifs is 1. The van der Waals surface area contributed by atoms with Crippen molar-refractivity contribution < 1.29 is 18.3 Å². The van der Waals surface area contributed by atoms with Crippen LogP contribution in [0.15, 0.2) is 20.0 Å². The molecule has 0 saturated carbocycles. The lowest BCUT2D eigenvalue weighted by atomic mass is 10.1. The number of amides is 2.